The molecule has 258 valence electrons. The smallest absolute Gasteiger partial charge is 0.407 e. The van der Waals surface area contributed by atoms with Gasteiger partial charge in [-0.3, -0.25) is 9.59 Å². The van der Waals surface area contributed by atoms with Crippen molar-refractivity contribution >= 4 is 24.1 Å². The molecule has 0 saturated carbocycles. The molecule has 12 nitrogen and oxygen atoms in total. The number of hydrogen-bond acceptors (Lipinski definition) is 9. The number of ether oxygens (including phenoxy) is 5. The molecule has 12 heteroatoms. The van der Waals surface area contributed by atoms with Crippen molar-refractivity contribution in [3.05, 3.63) is 59.7 Å². The predicted molar refractivity (Wildman–Crippen MR) is 176 cm³/mol. The third-order valence-corrected chi connectivity index (χ3v) is 6.84. The van der Waals surface area contributed by atoms with E-state index >= 15 is 0 Å². The maximum atomic E-state index is 13.1. The van der Waals surface area contributed by atoms with Crippen LogP contribution < -0.4 is 16.0 Å². The van der Waals surface area contributed by atoms with Crippen LogP contribution in [0.5, 0.6) is 0 Å². The summed E-state index contributed by atoms with van der Waals surface area (Å²) in [6, 6.07) is 15.0. The average Bonchev–Trinajstić information content (AvgIpc) is 3.30. The third kappa shape index (κ3) is 13.2. The Morgan fingerprint density at radius 3 is 1.79 bits per heavy atom. The summed E-state index contributed by atoms with van der Waals surface area (Å²) in [5, 5.41) is 7.97. The molecule has 3 N–H and O–H groups in total. The molecule has 0 fully saturated rings. The maximum Gasteiger partial charge on any atom is 0.407 e. The molecule has 0 spiro atoms. The van der Waals surface area contributed by atoms with E-state index in [0.29, 0.717) is 19.8 Å². The lowest BCUT2D eigenvalue weighted by atomic mass is 9.98. The van der Waals surface area contributed by atoms with E-state index in [1.54, 1.807) is 41.5 Å². The SMILES string of the molecule is CC(C)(C)OC(=O)CCC(NC(=O)OCC1c2ccccc2-c2ccccc21)C(=O)NCCOCCOCCNC(=O)OC(C)(C)C. The van der Waals surface area contributed by atoms with Gasteiger partial charge in [-0.1, -0.05) is 48.5 Å². The number of nitrogens with one attached hydrogen (secondary N) is 3. The molecule has 3 amide bonds. The fourth-order valence-corrected chi connectivity index (χ4v) is 4.94. The lowest BCUT2D eigenvalue weighted by molar-refractivity contribution is -0.155. The molecule has 47 heavy (non-hydrogen) atoms. The Balaban J connectivity index is 1.43. The highest BCUT2D eigenvalue weighted by molar-refractivity contribution is 5.86. The van der Waals surface area contributed by atoms with Crippen LogP contribution in [-0.2, 0) is 33.3 Å². The van der Waals surface area contributed by atoms with Gasteiger partial charge in [0.15, 0.2) is 0 Å². The van der Waals surface area contributed by atoms with Crippen molar-refractivity contribution < 1.29 is 42.9 Å². The molecule has 1 aliphatic carbocycles. The van der Waals surface area contributed by atoms with E-state index in [-0.39, 0.29) is 45.1 Å². The predicted octanol–water partition coefficient (Wildman–Crippen LogP) is 4.69. The fraction of sp³-hybridized carbons (Fsp3) is 0.543. The van der Waals surface area contributed by atoms with Crippen LogP contribution in [0.3, 0.4) is 0 Å². The number of amides is 3. The van der Waals surface area contributed by atoms with E-state index in [1.807, 2.05) is 36.4 Å². The largest absolute Gasteiger partial charge is 0.460 e. The highest BCUT2D eigenvalue weighted by Crippen LogP contribution is 2.44. The second-order valence-electron chi connectivity index (χ2n) is 13.1. The Bertz CT molecular complexity index is 1300. The number of carbonyl (C=O) groups excluding carboxylic acids is 4. The van der Waals surface area contributed by atoms with Crippen molar-refractivity contribution in [2.75, 3.05) is 46.1 Å². The first-order valence-electron chi connectivity index (χ1n) is 16.0. The highest BCUT2D eigenvalue weighted by Gasteiger charge is 2.30. The molecule has 0 saturated heterocycles. The summed E-state index contributed by atoms with van der Waals surface area (Å²) in [5.41, 5.74) is 3.12. The van der Waals surface area contributed by atoms with Crippen molar-refractivity contribution in [1.29, 1.82) is 0 Å². The Labute approximate surface area is 277 Å². The van der Waals surface area contributed by atoms with Crippen molar-refractivity contribution in [3.8, 4) is 11.1 Å². The zero-order valence-corrected chi connectivity index (χ0v) is 28.3. The van der Waals surface area contributed by atoms with Crippen LogP contribution in [0.2, 0.25) is 0 Å². The van der Waals surface area contributed by atoms with E-state index in [9.17, 15) is 19.2 Å². The molecule has 1 atom stereocenters. The van der Waals surface area contributed by atoms with Gasteiger partial charge in [0, 0.05) is 25.4 Å². The maximum absolute atomic E-state index is 13.1. The third-order valence-electron chi connectivity index (χ3n) is 6.84. The van der Waals surface area contributed by atoms with E-state index in [0.717, 1.165) is 22.3 Å². The van der Waals surface area contributed by atoms with E-state index < -0.39 is 41.3 Å². The summed E-state index contributed by atoms with van der Waals surface area (Å²) in [5.74, 6) is -1.09. The molecule has 2 aromatic rings. The molecule has 0 aliphatic heterocycles. The van der Waals surface area contributed by atoms with Gasteiger partial charge in [0.25, 0.3) is 0 Å². The summed E-state index contributed by atoms with van der Waals surface area (Å²) in [7, 11) is 0. The molecule has 1 aliphatic rings. The monoisotopic (exact) mass is 655 g/mol. The molecule has 0 aromatic heterocycles. The quantitative estimate of drug-likeness (QED) is 0.133. The van der Waals surface area contributed by atoms with Gasteiger partial charge in [-0.05, 0) is 70.2 Å². The Morgan fingerprint density at radius 1 is 0.702 bits per heavy atom. The van der Waals surface area contributed by atoms with Crippen LogP contribution in [0, 0.1) is 0 Å². The van der Waals surface area contributed by atoms with Gasteiger partial charge < -0.3 is 39.6 Å². The number of hydrogen-bond donors (Lipinski definition) is 3. The summed E-state index contributed by atoms with van der Waals surface area (Å²) in [6.07, 6.45) is -1.32. The zero-order valence-electron chi connectivity index (χ0n) is 28.3. The molecular formula is C35H49N3O9. The zero-order chi connectivity index (χ0) is 34.5. The van der Waals surface area contributed by atoms with Crippen molar-refractivity contribution in [3.63, 3.8) is 0 Å². The molecule has 1 unspecified atom stereocenters. The van der Waals surface area contributed by atoms with Crippen molar-refractivity contribution in [2.24, 2.45) is 0 Å². The number of esters is 1. The number of fused-ring (bicyclic) bond motifs is 3. The van der Waals surface area contributed by atoms with Gasteiger partial charge in [-0.25, -0.2) is 9.59 Å². The normalized spacial score (nSPS) is 13.1. The summed E-state index contributed by atoms with van der Waals surface area (Å²) >= 11 is 0. The molecule has 0 radical (unpaired) electrons. The summed E-state index contributed by atoms with van der Waals surface area (Å²) < 4.78 is 27.1. The first-order valence-corrected chi connectivity index (χ1v) is 16.0. The minimum Gasteiger partial charge on any atom is -0.460 e. The molecule has 0 heterocycles. The molecule has 3 rings (SSSR count). The van der Waals surface area contributed by atoms with Gasteiger partial charge in [0.05, 0.1) is 26.4 Å². The first-order chi connectivity index (χ1) is 22.2. The van der Waals surface area contributed by atoms with E-state index in [4.69, 9.17) is 23.7 Å². The lowest BCUT2D eigenvalue weighted by Crippen LogP contribution is -2.48. The molecular weight excluding hydrogens is 606 g/mol. The van der Waals surface area contributed by atoms with Crippen LogP contribution in [0.4, 0.5) is 9.59 Å². The topological polar surface area (TPSA) is 151 Å². The standard InChI is InChI=1S/C35H49N3O9/c1-34(2,3)46-30(39)16-15-29(31(40)36-17-19-43-21-22-44-20-18-37-32(41)47-35(4,5)6)38-33(42)45-23-28-26-13-9-7-11-24(26)25-12-8-10-14-27(25)28/h7-14,28-29H,15-23H2,1-6H3,(H,36,40)(H,37,41)(H,38,42). The number of carbonyl (C=O) groups is 4. The Morgan fingerprint density at radius 2 is 1.23 bits per heavy atom. The second kappa shape index (κ2) is 17.7. The second-order valence-corrected chi connectivity index (χ2v) is 13.1. The number of benzene rings is 2. The van der Waals surface area contributed by atoms with Gasteiger partial charge >= 0.3 is 18.2 Å². The van der Waals surface area contributed by atoms with Crippen LogP contribution in [0.1, 0.15) is 71.4 Å². The van der Waals surface area contributed by atoms with E-state index in [1.165, 1.54) is 0 Å². The number of rotatable bonds is 16. The Hall–Kier alpha value is -4.16. The van der Waals surface area contributed by atoms with Gasteiger partial charge in [0.1, 0.15) is 23.9 Å². The molecule has 0 bridgehead atoms. The fourth-order valence-electron chi connectivity index (χ4n) is 4.94. The minimum atomic E-state index is -1.03. The van der Waals surface area contributed by atoms with Crippen LogP contribution >= 0.6 is 0 Å². The minimum absolute atomic E-state index is 0.0248. The van der Waals surface area contributed by atoms with Gasteiger partial charge in [0.2, 0.25) is 5.91 Å². The summed E-state index contributed by atoms with van der Waals surface area (Å²) in [6.45, 7) is 12.3. The van der Waals surface area contributed by atoms with Crippen LogP contribution in [0.15, 0.2) is 48.5 Å². The average molecular weight is 656 g/mol. The van der Waals surface area contributed by atoms with E-state index in [2.05, 4.69) is 28.1 Å². The highest BCUT2D eigenvalue weighted by atomic mass is 16.6. The van der Waals surface area contributed by atoms with Crippen LogP contribution in [-0.4, -0.2) is 87.4 Å². The van der Waals surface area contributed by atoms with Crippen molar-refractivity contribution in [2.45, 2.75) is 77.5 Å². The lowest BCUT2D eigenvalue weighted by Gasteiger charge is -2.22. The van der Waals surface area contributed by atoms with Gasteiger partial charge in [-0.15, -0.1) is 0 Å². The van der Waals surface area contributed by atoms with Crippen LogP contribution in [0.25, 0.3) is 11.1 Å². The molecule has 2 aromatic carbocycles. The first kappa shape index (κ1) is 37.3. The summed E-state index contributed by atoms with van der Waals surface area (Å²) in [4.78, 5) is 50.0. The van der Waals surface area contributed by atoms with Gasteiger partial charge in [-0.2, -0.15) is 0 Å². The van der Waals surface area contributed by atoms with Crippen molar-refractivity contribution in [1.82, 2.24) is 16.0 Å². The number of alkyl carbamates (subject to hydrolysis) is 2. The Kier molecular flexibility index (Phi) is 14.0.